The number of fused-ring (bicyclic) bond motifs is 1. The van der Waals surface area contributed by atoms with Crippen LogP contribution < -0.4 is 10.6 Å². The number of halogens is 4. The molecule has 1 saturated carbocycles. The predicted molar refractivity (Wildman–Crippen MR) is 138 cm³/mol. The second-order valence-electron chi connectivity index (χ2n) is 10.5. The summed E-state index contributed by atoms with van der Waals surface area (Å²) < 4.78 is 64.5. The van der Waals surface area contributed by atoms with Crippen molar-refractivity contribution in [1.29, 1.82) is 0 Å². The molecule has 1 aliphatic carbocycles. The van der Waals surface area contributed by atoms with E-state index in [9.17, 15) is 27.2 Å². The Morgan fingerprint density at radius 2 is 1.98 bits per heavy atom. The van der Waals surface area contributed by atoms with E-state index in [4.69, 9.17) is 4.74 Å². The lowest BCUT2D eigenvalue weighted by Gasteiger charge is -2.38. The molecule has 2 atom stereocenters. The Kier molecular flexibility index (Phi) is 7.90. The number of hydrogen-bond donors (Lipinski definition) is 2. The van der Waals surface area contributed by atoms with E-state index in [2.05, 4.69) is 25.8 Å². The van der Waals surface area contributed by atoms with Gasteiger partial charge in [0.1, 0.15) is 5.69 Å². The first kappa shape index (κ1) is 28.8. The van der Waals surface area contributed by atoms with Crippen molar-refractivity contribution in [3.63, 3.8) is 0 Å². The van der Waals surface area contributed by atoms with Gasteiger partial charge in [-0.15, -0.1) is 0 Å². The maximum absolute atomic E-state index is 14.2. The second-order valence-corrected chi connectivity index (χ2v) is 10.5. The van der Waals surface area contributed by atoms with Crippen molar-refractivity contribution in [2.24, 2.45) is 5.92 Å². The Morgan fingerprint density at radius 3 is 2.68 bits per heavy atom. The third-order valence-corrected chi connectivity index (χ3v) is 7.69. The summed E-state index contributed by atoms with van der Waals surface area (Å²) in [7, 11) is 1.40. The van der Waals surface area contributed by atoms with Crippen molar-refractivity contribution in [3.05, 3.63) is 47.7 Å². The van der Waals surface area contributed by atoms with Gasteiger partial charge in [-0.2, -0.15) is 10.2 Å². The summed E-state index contributed by atoms with van der Waals surface area (Å²) in [5, 5.41) is 13.7. The van der Waals surface area contributed by atoms with E-state index < -0.39 is 49.0 Å². The van der Waals surface area contributed by atoms with Gasteiger partial charge in [-0.25, -0.2) is 31.9 Å². The first-order valence-corrected chi connectivity index (χ1v) is 13.5. The highest BCUT2D eigenvalue weighted by molar-refractivity contribution is 5.92. The minimum atomic E-state index is -3.12. The van der Waals surface area contributed by atoms with Crippen LogP contribution in [0, 0.1) is 5.92 Å². The molecule has 222 valence electrons. The lowest BCUT2D eigenvalue weighted by molar-refractivity contribution is -0.0510. The Bertz CT molecular complexity index is 1400. The van der Waals surface area contributed by atoms with Crippen molar-refractivity contribution in [2.45, 2.75) is 63.1 Å². The number of aryl methyl sites for hydroxylation is 1. The standard InChI is InChI=1S/C26H32F4N8O3/c1-3-37-19(6-9-32-37)23(39)35-22(16-4-7-25(27,28)8-5-16)18-12-38-21(34-18)10-17(11-33-38)20(13-41-2)36-15-26(29,30)14-31-24(36)40/h6,9-12,16,20,22H,3-5,7-8,13-15H2,1-2H3,(H,31,40)(H,35,39). The van der Waals surface area contributed by atoms with E-state index >= 15 is 0 Å². The molecule has 0 radical (unpaired) electrons. The number of methoxy groups -OCH3 is 1. The molecule has 1 aliphatic heterocycles. The van der Waals surface area contributed by atoms with Crippen LogP contribution in [0.4, 0.5) is 22.4 Å². The Balaban J connectivity index is 1.47. The Hall–Kier alpha value is -3.75. The van der Waals surface area contributed by atoms with E-state index in [0.717, 1.165) is 4.90 Å². The highest BCUT2D eigenvalue weighted by Gasteiger charge is 2.43. The largest absolute Gasteiger partial charge is 0.382 e. The number of imidazole rings is 1. The number of nitrogens with one attached hydrogen (secondary N) is 2. The molecule has 1 saturated heterocycles. The Morgan fingerprint density at radius 1 is 1.22 bits per heavy atom. The number of carbonyl (C=O) groups excluding carboxylic acids is 2. The van der Waals surface area contributed by atoms with Crippen LogP contribution in [0.3, 0.4) is 0 Å². The average Bonchev–Trinajstić information content (AvgIpc) is 3.59. The third kappa shape index (κ3) is 6.14. The van der Waals surface area contributed by atoms with Gasteiger partial charge in [0.25, 0.3) is 11.8 Å². The number of hydrogen-bond acceptors (Lipinski definition) is 6. The van der Waals surface area contributed by atoms with Gasteiger partial charge < -0.3 is 20.3 Å². The molecule has 15 heteroatoms. The maximum Gasteiger partial charge on any atom is 0.318 e. The number of alkyl halides is 4. The smallest absolute Gasteiger partial charge is 0.318 e. The molecule has 2 aliphatic rings. The van der Waals surface area contributed by atoms with Crippen LogP contribution in [0.2, 0.25) is 0 Å². The van der Waals surface area contributed by atoms with Gasteiger partial charge in [0.05, 0.1) is 49.9 Å². The van der Waals surface area contributed by atoms with Gasteiger partial charge in [-0.3, -0.25) is 9.48 Å². The fraction of sp³-hybridized carbons (Fsp3) is 0.577. The number of ether oxygens (including phenoxy) is 1. The fourth-order valence-corrected chi connectivity index (χ4v) is 5.52. The minimum Gasteiger partial charge on any atom is -0.382 e. The maximum atomic E-state index is 14.2. The third-order valence-electron chi connectivity index (χ3n) is 7.69. The fourth-order valence-electron chi connectivity index (χ4n) is 5.52. The summed E-state index contributed by atoms with van der Waals surface area (Å²) in [6.45, 7) is 0.728. The highest BCUT2D eigenvalue weighted by atomic mass is 19.3. The number of rotatable bonds is 9. The number of amides is 3. The first-order valence-electron chi connectivity index (χ1n) is 13.5. The van der Waals surface area contributed by atoms with Gasteiger partial charge in [0.15, 0.2) is 5.65 Å². The van der Waals surface area contributed by atoms with Crippen molar-refractivity contribution in [3.8, 4) is 0 Å². The molecule has 3 amide bonds. The first-order chi connectivity index (χ1) is 19.5. The summed E-state index contributed by atoms with van der Waals surface area (Å²) in [4.78, 5) is 31.4. The van der Waals surface area contributed by atoms with Crippen molar-refractivity contribution >= 4 is 17.6 Å². The van der Waals surface area contributed by atoms with Crippen LogP contribution in [0.25, 0.3) is 5.65 Å². The molecule has 5 rings (SSSR count). The highest BCUT2D eigenvalue weighted by Crippen LogP contribution is 2.41. The lowest BCUT2D eigenvalue weighted by atomic mass is 9.81. The van der Waals surface area contributed by atoms with Gasteiger partial charge in [0.2, 0.25) is 5.92 Å². The zero-order chi connectivity index (χ0) is 29.4. The van der Waals surface area contributed by atoms with Crippen LogP contribution >= 0.6 is 0 Å². The molecule has 0 aromatic carbocycles. The Labute approximate surface area is 233 Å². The number of carbonyl (C=O) groups is 2. The molecule has 11 nitrogen and oxygen atoms in total. The quantitative estimate of drug-likeness (QED) is 0.374. The summed E-state index contributed by atoms with van der Waals surface area (Å²) in [6.07, 6.45) is 4.34. The summed E-state index contributed by atoms with van der Waals surface area (Å²) >= 11 is 0. The van der Waals surface area contributed by atoms with E-state index in [1.807, 2.05) is 6.92 Å². The van der Waals surface area contributed by atoms with Gasteiger partial charge >= 0.3 is 6.03 Å². The summed E-state index contributed by atoms with van der Waals surface area (Å²) in [5.41, 5.74) is 1.52. The summed E-state index contributed by atoms with van der Waals surface area (Å²) in [5.74, 6) is -6.58. The van der Waals surface area contributed by atoms with Crippen molar-refractivity contribution in [1.82, 2.24) is 39.9 Å². The number of aromatic nitrogens is 5. The van der Waals surface area contributed by atoms with Crippen LogP contribution in [-0.2, 0) is 11.3 Å². The van der Waals surface area contributed by atoms with Gasteiger partial charge in [0, 0.05) is 38.3 Å². The molecule has 2 N–H and O–H groups in total. The van der Waals surface area contributed by atoms with E-state index in [1.165, 1.54) is 28.7 Å². The van der Waals surface area contributed by atoms with Gasteiger partial charge in [-0.1, -0.05) is 0 Å². The SMILES string of the molecule is CCn1nccc1C(=O)NC(c1cn2ncc(C(COC)N3CC(F)(F)CNC3=O)cc2n1)C1CCC(F)(F)CC1. The molecule has 0 bridgehead atoms. The molecular weight excluding hydrogens is 548 g/mol. The molecule has 4 heterocycles. The van der Waals surface area contributed by atoms with E-state index in [0.29, 0.717) is 29.1 Å². The lowest BCUT2D eigenvalue weighted by Crippen LogP contribution is -2.58. The van der Waals surface area contributed by atoms with Gasteiger partial charge in [-0.05, 0) is 37.8 Å². The molecule has 2 unspecified atom stereocenters. The van der Waals surface area contributed by atoms with E-state index in [1.54, 1.807) is 18.3 Å². The molecule has 2 fully saturated rings. The zero-order valence-corrected chi connectivity index (χ0v) is 22.7. The van der Waals surface area contributed by atoms with Crippen LogP contribution in [0.1, 0.15) is 66.4 Å². The molecule has 0 spiro atoms. The van der Waals surface area contributed by atoms with E-state index in [-0.39, 0.29) is 38.2 Å². The van der Waals surface area contributed by atoms with Crippen molar-refractivity contribution < 1.29 is 31.9 Å². The average molecular weight is 581 g/mol. The second kappa shape index (κ2) is 11.3. The monoisotopic (exact) mass is 580 g/mol. The molecule has 3 aromatic rings. The van der Waals surface area contributed by atoms with Crippen LogP contribution in [0.5, 0.6) is 0 Å². The number of nitrogens with zero attached hydrogens (tertiary/aromatic N) is 6. The topological polar surface area (TPSA) is 119 Å². The normalized spacial score (nSPS) is 20.5. The molecule has 41 heavy (non-hydrogen) atoms. The van der Waals surface area contributed by atoms with Crippen LogP contribution in [-0.4, -0.2) is 79.9 Å². The zero-order valence-electron chi connectivity index (χ0n) is 22.7. The minimum absolute atomic E-state index is 0.0605. The number of urea groups is 1. The van der Waals surface area contributed by atoms with Crippen molar-refractivity contribution in [2.75, 3.05) is 26.8 Å². The molecular formula is C26H32F4N8O3. The van der Waals surface area contributed by atoms with Crippen LogP contribution in [0.15, 0.2) is 30.7 Å². The predicted octanol–water partition coefficient (Wildman–Crippen LogP) is 3.59. The molecule has 3 aromatic heterocycles. The summed E-state index contributed by atoms with van der Waals surface area (Å²) in [6, 6.07) is 0.989.